The summed E-state index contributed by atoms with van der Waals surface area (Å²) in [6, 6.07) is 20.5. The fourth-order valence-electron chi connectivity index (χ4n) is 3.50. The monoisotopic (exact) mass is 452 g/mol. The maximum Gasteiger partial charge on any atom is 0.387 e. The Morgan fingerprint density at radius 3 is 2.33 bits per heavy atom. The summed E-state index contributed by atoms with van der Waals surface area (Å²) in [5, 5.41) is 19.2. The van der Waals surface area contributed by atoms with Gasteiger partial charge in [0.25, 0.3) is 5.69 Å². The van der Waals surface area contributed by atoms with Crippen LogP contribution < -0.4 is 10.1 Å². The van der Waals surface area contributed by atoms with Gasteiger partial charge in [-0.1, -0.05) is 30.3 Å². The number of benzene rings is 3. The Balaban J connectivity index is 1.58. The molecule has 0 radical (unpaired) electrons. The summed E-state index contributed by atoms with van der Waals surface area (Å²) in [5.74, 6) is -0.216. The van der Waals surface area contributed by atoms with Gasteiger partial charge >= 0.3 is 12.6 Å². The predicted molar refractivity (Wildman–Crippen MR) is 118 cm³/mol. The van der Waals surface area contributed by atoms with Gasteiger partial charge in [0.15, 0.2) is 0 Å². The fourth-order valence-corrected chi connectivity index (χ4v) is 3.50. The molecule has 1 aliphatic rings. The van der Waals surface area contributed by atoms with Crippen LogP contribution in [0.5, 0.6) is 5.75 Å². The summed E-state index contributed by atoms with van der Waals surface area (Å²) in [5.41, 5.74) is 2.51. The van der Waals surface area contributed by atoms with Gasteiger partial charge in [0.2, 0.25) is 0 Å². The minimum Gasteiger partial charge on any atom is -0.435 e. The van der Waals surface area contributed by atoms with Crippen LogP contribution in [0.1, 0.15) is 17.0 Å². The number of carbonyl (C=O) groups excluding carboxylic acids is 1. The Bertz CT molecular complexity index is 1170. The number of anilines is 1. The number of rotatable bonds is 6. The van der Waals surface area contributed by atoms with Crippen molar-refractivity contribution in [3.63, 3.8) is 0 Å². The van der Waals surface area contributed by atoms with E-state index in [1.54, 1.807) is 12.1 Å². The highest BCUT2D eigenvalue weighted by Crippen LogP contribution is 2.30. The van der Waals surface area contributed by atoms with Crippen molar-refractivity contribution >= 4 is 23.1 Å². The molecule has 0 fully saturated rings. The summed E-state index contributed by atoms with van der Waals surface area (Å²) >= 11 is 0. The van der Waals surface area contributed by atoms with Gasteiger partial charge in [-0.25, -0.2) is 9.80 Å². The molecule has 168 valence electrons. The number of hydrogen-bond acceptors (Lipinski definition) is 5. The largest absolute Gasteiger partial charge is 0.435 e. The highest BCUT2D eigenvalue weighted by atomic mass is 19.3. The molecule has 1 unspecified atom stereocenters. The lowest BCUT2D eigenvalue weighted by Gasteiger charge is -2.16. The maximum absolute atomic E-state index is 12.8. The average Bonchev–Trinajstić information content (AvgIpc) is 3.26. The number of alkyl halides is 2. The molecule has 10 heteroatoms. The Morgan fingerprint density at radius 2 is 1.73 bits per heavy atom. The molecule has 3 aromatic rings. The van der Waals surface area contributed by atoms with Crippen LogP contribution in [0, 0.1) is 10.1 Å². The third-order valence-electron chi connectivity index (χ3n) is 5.06. The first kappa shape index (κ1) is 21.9. The lowest BCUT2D eigenvalue weighted by atomic mass is 9.90. The highest BCUT2D eigenvalue weighted by molar-refractivity contribution is 6.07. The van der Waals surface area contributed by atoms with Gasteiger partial charge in [-0.15, -0.1) is 0 Å². The zero-order chi connectivity index (χ0) is 23.4. The molecule has 1 aliphatic heterocycles. The van der Waals surface area contributed by atoms with E-state index < -0.39 is 17.6 Å². The maximum atomic E-state index is 12.8. The van der Waals surface area contributed by atoms with E-state index in [2.05, 4.69) is 15.2 Å². The molecule has 1 heterocycles. The van der Waals surface area contributed by atoms with E-state index in [0.717, 1.165) is 5.56 Å². The molecule has 1 N–H and O–H groups in total. The SMILES string of the molecule is O=C(Nc1ccc([N+](=O)[O-])cc1)N1CC(c2ccccc2)C(c2ccc(OC(F)F)cc2)=N1. The van der Waals surface area contributed by atoms with E-state index in [1.165, 1.54) is 41.4 Å². The third kappa shape index (κ3) is 5.12. The topological polar surface area (TPSA) is 97.1 Å². The van der Waals surface area contributed by atoms with Crippen LogP contribution in [-0.4, -0.2) is 34.8 Å². The zero-order valence-electron chi connectivity index (χ0n) is 17.1. The van der Waals surface area contributed by atoms with Crippen molar-refractivity contribution in [2.24, 2.45) is 5.10 Å². The Labute approximate surface area is 187 Å². The minimum absolute atomic E-state index is 0.0244. The van der Waals surface area contributed by atoms with Gasteiger partial charge < -0.3 is 10.1 Å². The van der Waals surface area contributed by atoms with Gasteiger partial charge in [0, 0.05) is 23.7 Å². The number of nitrogens with zero attached hydrogens (tertiary/aromatic N) is 3. The normalized spacial score (nSPS) is 15.3. The number of nitro benzene ring substituents is 1. The fraction of sp³-hybridized carbons (Fsp3) is 0.130. The van der Waals surface area contributed by atoms with Crippen molar-refractivity contribution in [3.05, 3.63) is 100 Å². The van der Waals surface area contributed by atoms with E-state index in [4.69, 9.17) is 0 Å². The molecule has 0 spiro atoms. The standard InChI is InChI=1S/C23H18F2N4O4/c24-22(25)33-19-12-6-16(7-13-19)21-20(15-4-2-1-3-5-15)14-28(27-21)23(30)26-17-8-10-18(11-9-17)29(31)32/h1-13,20,22H,14H2,(H,26,30). The molecule has 3 aromatic carbocycles. The Morgan fingerprint density at radius 1 is 1.06 bits per heavy atom. The second-order valence-corrected chi connectivity index (χ2v) is 7.17. The molecule has 0 aromatic heterocycles. The number of non-ortho nitro benzene ring substituents is 1. The van der Waals surface area contributed by atoms with Crippen molar-refractivity contribution in [3.8, 4) is 5.75 Å². The molecule has 8 nitrogen and oxygen atoms in total. The first-order valence-electron chi connectivity index (χ1n) is 9.92. The van der Waals surface area contributed by atoms with E-state index in [0.29, 0.717) is 17.0 Å². The number of halogens is 2. The van der Waals surface area contributed by atoms with E-state index in [-0.39, 0.29) is 23.9 Å². The lowest BCUT2D eigenvalue weighted by Crippen LogP contribution is -2.30. The summed E-state index contributed by atoms with van der Waals surface area (Å²) < 4.78 is 29.3. The summed E-state index contributed by atoms with van der Waals surface area (Å²) in [7, 11) is 0. The summed E-state index contributed by atoms with van der Waals surface area (Å²) in [4.78, 5) is 23.1. The number of hydrazone groups is 1. The van der Waals surface area contributed by atoms with Crippen LogP contribution in [0.2, 0.25) is 0 Å². The molecule has 0 bridgehead atoms. The van der Waals surface area contributed by atoms with Gasteiger partial charge in [-0.2, -0.15) is 13.9 Å². The predicted octanol–water partition coefficient (Wildman–Crippen LogP) is 5.23. The van der Waals surface area contributed by atoms with Crippen molar-refractivity contribution in [2.45, 2.75) is 12.5 Å². The smallest absolute Gasteiger partial charge is 0.387 e. The number of hydrogen-bond donors (Lipinski definition) is 1. The van der Waals surface area contributed by atoms with E-state index >= 15 is 0 Å². The number of urea groups is 1. The second-order valence-electron chi connectivity index (χ2n) is 7.17. The van der Waals surface area contributed by atoms with Gasteiger partial charge in [-0.05, 0) is 47.5 Å². The van der Waals surface area contributed by atoms with Crippen LogP contribution in [0.25, 0.3) is 0 Å². The second kappa shape index (κ2) is 9.43. The van der Waals surface area contributed by atoms with Gasteiger partial charge in [-0.3, -0.25) is 10.1 Å². The molecule has 1 atom stereocenters. The lowest BCUT2D eigenvalue weighted by molar-refractivity contribution is -0.384. The summed E-state index contributed by atoms with van der Waals surface area (Å²) in [6.07, 6.45) is 0. The molecule has 0 saturated carbocycles. The first-order valence-corrected chi connectivity index (χ1v) is 9.92. The Kier molecular flexibility index (Phi) is 6.25. The van der Waals surface area contributed by atoms with Gasteiger partial charge in [0.1, 0.15) is 5.75 Å². The number of carbonyl (C=O) groups is 1. The zero-order valence-corrected chi connectivity index (χ0v) is 17.1. The summed E-state index contributed by atoms with van der Waals surface area (Å²) in [6.45, 7) is -2.66. The first-order chi connectivity index (χ1) is 15.9. The molecule has 33 heavy (non-hydrogen) atoms. The average molecular weight is 452 g/mol. The third-order valence-corrected chi connectivity index (χ3v) is 5.06. The van der Waals surface area contributed by atoms with E-state index in [9.17, 15) is 23.7 Å². The van der Waals surface area contributed by atoms with Crippen molar-refractivity contribution < 1.29 is 23.2 Å². The molecule has 2 amide bonds. The quantitative estimate of drug-likeness (QED) is 0.409. The van der Waals surface area contributed by atoms with Crippen molar-refractivity contribution in [1.82, 2.24) is 5.01 Å². The van der Waals surface area contributed by atoms with Crippen LogP contribution >= 0.6 is 0 Å². The highest BCUT2D eigenvalue weighted by Gasteiger charge is 2.32. The molecular formula is C23H18F2N4O4. The number of nitrogens with one attached hydrogen (secondary N) is 1. The molecular weight excluding hydrogens is 434 g/mol. The van der Waals surface area contributed by atoms with Crippen LogP contribution in [0.15, 0.2) is 84.0 Å². The van der Waals surface area contributed by atoms with Crippen LogP contribution in [0.3, 0.4) is 0 Å². The molecule has 4 rings (SSSR count). The van der Waals surface area contributed by atoms with E-state index in [1.807, 2.05) is 30.3 Å². The number of nitro groups is 1. The number of ether oxygens (including phenoxy) is 1. The number of amides is 2. The van der Waals surface area contributed by atoms with Crippen LogP contribution in [-0.2, 0) is 0 Å². The van der Waals surface area contributed by atoms with Gasteiger partial charge in [0.05, 0.1) is 17.2 Å². The Hall–Kier alpha value is -4.34. The van der Waals surface area contributed by atoms with Crippen molar-refractivity contribution in [2.75, 3.05) is 11.9 Å². The van der Waals surface area contributed by atoms with Crippen LogP contribution in [0.4, 0.5) is 25.0 Å². The minimum atomic E-state index is -2.92. The molecule has 0 aliphatic carbocycles. The van der Waals surface area contributed by atoms with Crippen molar-refractivity contribution in [1.29, 1.82) is 0 Å². The molecule has 0 saturated heterocycles.